The van der Waals surface area contributed by atoms with Crippen LogP contribution < -0.4 is 0 Å². The molecule has 0 spiro atoms. The molecule has 0 aromatic carbocycles. The smallest absolute Gasteiger partial charge is 0.0834 e. The molecule has 0 rings (SSSR count). The van der Waals surface area contributed by atoms with E-state index in [0.717, 1.165) is 10.4 Å². The molecule has 0 atom stereocenters. The largest absolute Gasteiger partial charge is 0.330 e. The van der Waals surface area contributed by atoms with Gasteiger partial charge in [0.1, 0.15) is 0 Å². The van der Waals surface area contributed by atoms with Crippen LogP contribution in [0.2, 0.25) is 0 Å². The molecule has 0 aliphatic heterocycles. The van der Waals surface area contributed by atoms with Crippen LogP contribution >= 0.6 is 0 Å². The third kappa shape index (κ3) is 4.41. The van der Waals surface area contributed by atoms with Crippen LogP contribution in [0, 0.1) is 11.3 Å². The lowest BCUT2D eigenvalue weighted by Crippen LogP contribution is -2.44. The molecule has 0 aromatic rings. The maximum atomic E-state index is 2.35. The van der Waals surface area contributed by atoms with E-state index in [-0.39, 0.29) is 0 Å². The van der Waals surface area contributed by atoms with Crippen LogP contribution in [-0.4, -0.2) is 32.2 Å². The van der Waals surface area contributed by atoms with Crippen molar-refractivity contribution in [3.05, 3.63) is 0 Å². The molecule has 0 aromatic heterocycles. The highest BCUT2D eigenvalue weighted by atomic mass is 15.3. The standard InChI is InChI=1S/C10H24N/c1-9(2)10(3,4)8-11(5,6)7/h9H,8H2,1-7H3/q+1. The second-order valence-corrected chi connectivity index (χ2v) is 5.59. The maximum Gasteiger partial charge on any atom is 0.0834 e. The highest BCUT2D eigenvalue weighted by Crippen LogP contribution is 2.27. The molecule has 0 aliphatic rings. The summed E-state index contributed by atoms with van der Waals surface area (Å²) in [5.74, 6) is 0.764. The van der Waals surface area contributed by atoms with Gasteiger partial charge in [-0.15, -0.1) is 0 Å². The van der Waals surface area contributed by atoms with Crippen molar-refractivity contribution in [2.45, 2.75) is 27.7 Å². The van der Waals surface area contributed by atoms with Crippen LogP contribution in [0.1, 0.15) is 27.7 Å². The summed E-state index contributed by atoms with van der Waals surface area (Å²) in [5.41, 5.74) is 0.457. The lowest BCUT2D eigenvalue weighted by atomic mass is 9.80. The van der Waals surface area contributed by atoms with Crippen molar-refractivity contribution in [3.8, 4) is 0 Å². The quantitative estimate of drug-likeness (QED) is 0.553. The normalized spacial score (nSPS) is 14.2. The van der Waals surface area contributed by atoms with Gasteiger partial charge in [0.05, 0.1) is 27.7 Å². The predicted octanol–water partition coefficient (Wildman–Crippen LogP) is 2.37. The van der Waals surface area contributed by atoms with E-state index >= 15 is 0 Å². The van der Waals surface area contributed by atoms with E-state index in [2.05, 4.69) is 48.8 Å². The molecule has 1 heteroatoms. The first-order valence-corrected chi connectivity index (χ1v) is 4.45. The first-order chi connectivity index (χ1) is 4.65. The average Bonchev–Trinajstić information content (AvgIpc) is 1.56. The van der Waals surface area contributed by atoms with Crippen LogP contribution in [0.4, 0.5) is 0 Å². The summed E-state index contributed by atoms with van der Waals surface area (Å²) in [5, 5.41) is 0. The van der Waals surface area contributed by atoms with E-state index in [0.29, 0.717) is 5.41 Å². The number of hydrogen-bond acceptors (Lipinski definition) is 0. The lowest BCUT2D eigenvalue weighted by Gasteiger charge is -2.36. The average molecular weight is 158 g/mol. The Morgan fingerprint density at radius 1 is 1.09 bits per heavy atom. The van der Waals surface area contributed by atoms with Gasteiger partial charge in [0.25, 0.3) is 0 Å². The fraction of sp³-hybridized carbons (Fsp3) is 1.00. The molecule has 0 amide bonds. The summed E-state index contributed by atoms with van der Waals surface area (Å²) in [7, 11) is 6.76. The number of nitrogens with zero attached hydrogens (tertiary/aromatic N) is 1. The van der Waals surface area contributed by atoms with Crippen molar-refractivity contribution in [1.82, 2.24) is 0 Å². The third-order valence-corrected chi connectivity index (χ3v) is 2.44. The Balaban J connectivity index is 4.13. The Kier molecular flexibility index (Phi) is 3.13. The van der Waals surface area contributed by atoms with Gasteiger partial charge in [-0.05, 0) is 5.92 Å². The minimum Gasteiger partial charge on any atom is -0.330 e. The molecule has 0 N–H and O–H groups in total. The molecule has 0 bridgehead atoms. The van der Waals surface area contributed by atoms with E-state index in [9.17, 15) is 0 Å². The highest BCUT2D eigenvalue weighted by molar-refractivity contribution is 4.71. The number of quaternary nitrogens is 1. The van der Waals surface area contributed by atoms with Crippen LogP contribution in [0.15, 0.2) is 0 Å². The minimum absolute atomic E-state index is 0.457. The van der Waals surface area contributed by atoms with Crippen molar-refractivity contribution in [2.75, 3.05) is 27.7 Å². The second kappa shape index (κ2) is 3.14. The predicted molar refractivity (Wildman–Crippen MR) is 51.5 cm³/mol. The maximum absolute atomic E-state index is 2.35. The van der Waals surface area contributed by atoms with Crippen molar-refractivity contribution in [2.24, 2.45) is 11.3 Å². The summed E-state index contributed by atoms with van der Waals surface area (Å²) in [6.07, 6.45) is 0. The molecule has 68 valence electrons. The van der Waals surface area contributed by atoms with E-state index in [4.69, 9.17) is 0 Å². The summed E-state index contributed by atoms with van der Waals surface area (Å²) in [6.45, 7) is 10.5. The highest BCUT2D eigenvalue weighted by Gasteiger charge is 2.28. The molecule has 11 heavy (non-hydrogen) atoms. The molecule has 0 fully saturated rings. The molecule has 0 radical (unpaired) electrons. The molecule has 0 unspecified atom stereocenters. The molecular formula is C10H24N+. The van der Waals surface area contributed by atoms with Crippen LogP contribution in [0.25, 0.3) is 0 Å². The van der Waals surface area contributed by atoms with Gasteiger partial charge in [0.15, 0.2) is 0 Å². The van der Waals surface area contributed by atoms with Crippen molar-refractivity contribution < 1.29 is 4.48 Å². The van der Waals surface area contributed by atoms with Gasteiger partial charge in [0, 0.05) is 5.41 Å². The van der Waals surface area contributed by atoms with E-state index in [1.807, 2.05) is 0 Å². The van der Waals surface area contributed by atoms with Gasteiger partial charge in [-0.25, -0.2) is 0 Å². The fourth-order valence-electron chi connectivity index (χ4n) is 1.41. The Morgan fingerprint density at radius 3 is 1.55 bits per heavy atom. The molecule has 0 heterocycles. The summed E-state index contributed by atoms with van der Waals surface area (Å²) < 4.78 is 1.06. The summed E-state index contributed by atoms with van der Waals surface area (Å²) in [6, 6.07) is 0. The Morgan fingerprint density at radius 2 is 1.45 bits per heavy atom. The Bertz CT molecular complexity index is 117. The fourth-order valence-corrected chi connectivity index (χ4v) is 1.41. The monoisotopic (exact) mass is 158 g/mol. The molecule has 0 saturated carbocycles. The van der Waals surface area contributed by atoms with Gasteiger partial charge >= 0.3 is 0 Å². The third-order valence-electron chi connectivity index (χ3n) is 2.44. The second-order valence-electron chi connectivity index (χ2n) is 5.59. The van der Waals surface area contributed by atoms with Crippen molar-refractivity contribution in [3.63, 3.8) is 0 Å². The van der Waals surface area contributed by atoms with Gasteiger partial charge in [-0.3, -0.25) is 0 Å². The zero-order chi connectivity index (χ0) is 9.28. The van der Waals surface area contributed by atoms with Crippen molar-refractivity contribution in [1.29, 1.82) is 0 Å². The van der Waals surface area contributed by atoms with E-state index < -0.39 is 0 Å². The van der Waals surface area contributed by atoms with Crippen LogP contribution in [0.3, 0.4) is 0 Å². The minimum atomic E-state index is 0.457. The summed E-state index contributed by atoms with van der Waals surface area (Å²) >= 11 is 0. The van der Waals surface area contributed by atoms with Gasteiger partial charge in [-0.1, -0.05) is 27.7 Å². The van der Waals surface area contributed by atoms with Gasteiger partial charge in [0.2, 0.25) is 0 Å². The summed E-state index contributed by atoms with van der Waals surface area (Å²) in [4.78, 5) is 0. The van der Waals surface area contributed by atoms with E-state index in [1.165, 1.54) is 6.54 Å². The van der Waals surface area contributed by atoms with Gasteiger partial charge in [-0.2, -0.15) is 0 Å². The van der Waals surface area contributed by atoms with Crippen LogP contribution in [-0.2, 0) is 0 Å². The van der Waals surface area contributed by atoms with Gasteiger partial charge < -0.3 is 4.48 Å². The Hall–Kier alpha value is -0.0400. The van der Waals surface area contributed by atoms with E-state index in [1.54, 1.807) is 0 Å². The van der Waals surface area contributed by atoms with Crippen LogP contribution in [0.5, 0.6) is 0 Å². The molecule has 1 nitrogen and oxygen atoms in total. The number of rotatable bonds is 3. The zero-order valence-electron chi connectivity index (χ0n) is 9.23. The Labute approximate surface area is 72.0 Å². The lowest BCUT2D eigenvalue weighted by molar-refractivity contribution is -0.877. The molecule has 0 saturated heterocycles. The number of hydrogen-bond donors (Lipinski definition) is 0. The first kappa shape index (κ1) is 11.0. The molecular weight excluding hydrogens is 134 g/mol. The first-order valence-electron chi connectivity index (χ1n) is 4.45. The topological polar surface area (TPSA) is 0 Å². The van der Waals surface area contributed by atoms with Crippen molar-refractivity contribution >= 4 is 0 Å². The SMILES string of the molecule is CC(C)C(C)(C)C[N+](C)(C)C. The zero-order valence-corrected chi connectivity index (χ0v) is 9.23. The molecule has 0 aliphatic carbocycles.